The van der Waals surface area contributed by atoms with Gasteiger partial charge in [-0.15, -0.1) is 0 Å². The molecule has 0 aliphatic rings. The number of hydrogen-bond donors (Lipinski definition) is 0. The molecule has 0 amide bonds. The molecule has 2 nitrogen and oxygen atoms in total. The van der Waals surface area contributed by atoms with Gasteiger partial charge in [-0.25, -0.2) is 0 Å². The van der Waals surface area contributed by atoms with Crippen molar-refractivity contribution in [3.63, 3.8) is 0 Å². The molecular formula is C16H16BrIO2. The van der Waals surface area contributed by atoms with Crippen LogP contribution in [0.15, 0.2) is 53.0 Å². The molecule has 0 radical (unpaired) electrons. The summed E-state index contributed by atoms with van der Waals surface area (Å²) in [6.07, 6.45) is 0.0674. The Labute approximate surface area is 141 Å². The lowest BCUT2D eigenvalue weighted by Crippen LogP contribution is -2.06. The Balaban J connectivity index is 2.07. The first-order valence-corrected chi connectivity index (χ1v) is 8.61. The van der Waals surface area contributed by atoms with Crippen LogP contribution >= 0.6 is 38.5 Å². The van der Waals surface area contributed by atoms with Crippen LogP contribution in [-0.4, -0.2) is 11.5 Å². The maximum atomic E-state index is 6.05. The largest absolute Gasteiger partial charge is 0.497 e. The molecule has 2 aromatic carbocycles. The standard InChI is InChI=1S/C16H16BrIO2/c1-19-14-7-4-6-12(9-14)16(10-18)20-11-13-5-2-3-8-15(13)17/h2-9,16H,10-11H2,1H3. The number of benzene rings is 2. The fourth-order valence-corrected chi connectivity index (χ4v) is 3.04. The van der Waals surface area contributed by atoms with Gasteiger partial charge in [0.05, 0.1) is 19.8 Å². The van der Waals surface area contributed by atoms with Crippen molar-refractivity contribution in [3.8, 4) is 5.75 Å². The molecule has 0 saturated carbocycles. The van der Waals surface area contributed by atoms with Crippen LogP contribution < -0.4 is 4.74 Å². The van der Waals surface area contributed by atoms with Gasteiger partial charge in [-0.2, -0.15) is 0 Å². The molecule has 0 aliphatic carbocycles. The summed E-state index contributed by atoms with van der Waals surface area (Å²) in [5, 5.41) is 0. The average molecular weight is 447 g/mol. The number of methoxy groups -OCH3 is 1. The van der Waals surface area contributed by atoms with Crippen LogP contribution in [0.4, 0.5) is 0 Å². The molecule has 0 heterocycles. The second-order valence-electron chi connectivity index (χ2n) is 4.32. The first kappa shape index (κ1) is 15.8. The van der Waals surface area contributed by atoms with Gasteiger partial charge < -0.3 is 9.47 Å². The van der Waals surface area contributed by atoms with E-state index in [2.05, 4.69) is 50.7 Å². The summed E-state index contributed by atoms with van der Waals surface area (Å²) in [5.41, 5.74) is 2.30. The molecule has 0 aromatic heterocycles. The normalized spacial score (nSPS) is 12.2. The van der Waals surface area contributed by atoms with Gasteiger partial charge in [0.25, 0.3) is 0 Å². The Hall–Kier alpha value is -0.590. The van der Waals surface area contributed by atoms with Crippen LogP contribution in [0.25, 0.3) is 0 Å². The highest BCUT2D eigenvalue weighted by molar-refractivity contribution is 14.1. The quantitative estimate of drug-likeness (QED) is 0.451. The zero-order valence-corrected chi connectivity index (χ0v) is 14.9. The van der Waals surface area contributed by atoms with Gasteiger partial charge in [0.15, 0.2) is 0 Å². The maximum Gasteiger partial charge on any atom is 0.119 e. The molecule has 2 rings (SSSR count). The minimum Gasteiger partial charge on any atom is -0.497 e. The van der Waals surface area contributed by atoms with Crippen molar-refractivity contribution in [2.75, 3.05) is 11.5 Å². The van der Waals surface area contributed by atoms with E-state index in [1.807, 2.05) is 36.4 Å². The van der Waals surface area contributed by atoms with E-state index < -0.39 is 0 Å². The van der Waals surface area contributed by atoms with Crippen LogP contribution in [-0.2, 0) is 11.3 Å². The molecule has 2 aromatic rings. The third kappa shape index (κ3) is 4.20. The van der Waals surface area contributed by atoms with Gasteiger partial charge in [0, 0.05) is 8.90 Å². The van der Waals surface area contributed by atoms with Crippen molar-refractivity contribution >= 4 is 38.5 Å². The van der Waals surface area contributed by atoms with Crippen LogP contribution in [0.2, 0.25) is 0 Å². The van der Waals surface area contributed by atoms with Crippen LogP contribution in [0.3, 0.4) is 0 Å². The van der Waals surface area contributed by atoms with E-state index in [9.17, 15) is 0 Å². The number of hydrogen-bond acceptors (Lipinski definition) is 2. The summed E-state index contributed by atoms with van der Waals surface area (Å²) >= 11 is 5.90. The van der Waals surface area contributed by atoms with Crippen molar-refractivity contribution in [3.05, 3.63) is 64.1 Å². The summed E-state index contributed by atoms with van der Waals surface area (Å²) in [4.78, 5) is 0. The molecule has 106 valence electrons. The molecule has 4 heteroatoms. The van der Waals surface area contributed by atoms with Crippen LogP contribution in [0.1, 0.15) is 17.2 Å². The third-order valence-corrected chi connectivity index (χ3v) is 4.58. The Morgan fingerprint density at radius 2 is 1.95 bits per heavy atom. The minimum atomic E-state index is 0.0674. The summed E-state index contributed by atoms with van der Waals surface area (Å²) in [6.45, 7) is 0.590. The van der Waals surface area contributed by atoms with Gasteiger partial charge in [-0.1, -0.05) is 68.9 Å². The van der Waals surface area contributed by atoms with Crippen LogP contribution in [0.5, 0.6) is 5.75 Å². The minimum absolute atomic E-state index is 0.0674. The molecule has 1 unspecified atom stereocenters. The average Bonchev–Trinajstić information content (AvgIpc) is 2.50. The van der Waals surface area contributed by atoms with E-state index in [0.717, 1.165) is 25.8 Å². The monoisotopic (exact) mass is 446 g/mol. The number of halogens is 2. The fourth-order valence-electron chi connectivity index (χ4n) is 1.88. The molecule has 1 atom stereocenters. The Morgan fingerprint density at radius 1 is 1.15 bits per heavy atom. The van der Waals surface area contributed by atoms with Crippen molar-refractivity contribution in [2.24, 2.45) is 0 Å². The highest BCUT2D eigenvalue weighted by atomic mass is 127. The van der Waals surface area contributed by atoms with Gasteiger partial charge in [-0.3, -0.25) is 0 Å². The number of rotatable bonds is 6. The van der Waals surface area contributed by atoms with E-state index in [4.69, 9.17) is 9.47 Å². The molecule has 0 spiro atoms. The highest BCUT2D eigenvalue weighted by Gasteiger charge is 2.12. The number of ether oxygens (including phenoxy) is 2. The van der Waals surface area contributed by atoms with Crippen molar-refractivity contribution in [1.29, 1.82) is 0 Å². The van der Waals surface area contributed by atoms with E-state index in [1.54, 1.807) is 7.11 Å². The first-order chi connectivity index (χ1) is 9.74. The Bertz CT molecular complexity index is 560. The molecular weight excluding hydrogens is 431 g/mol. The summed E-state index contributed by atoms with van der Waals surface area (Å²) < 4.78 is 13.3. The maximum absolute atomic E-state index is 6.05. The van der Waals surface area contributed by atoms with E-state index in [0.29, 0.717) is 6.61 Å². The molecule has 0 saturated heterocycles. The Morgan fingerprint density at radius 3 is 2.65 bits per heavy atom. The predicted molar refractivity (Wildman–Crippen MR) is 93.6 cm³/mol. The van der Waals surface area contributed by atoms with Crippen molar-refractivity contribution in [2.45, 2.75) is 12.7 Å². The van der Waals surface area contributed by atoms with E-state index >= 15 is 0 Å². The zero-order valence-electron chi connectivity index (χ0n) is 11.2. The van der Waals surface area contributed by atoms with Gasteiger partial charge >= 0.3 is 0 Å². The smallest absolute Gasteiger partial charge is 0.119 e. The van der Waals surface area contributed by atoms with E-state index in [1.165, 1.54) is 0 Å². The van der Waals surface area contributed by atoms with Crippen molar-refractivity contribution < 1.29 is 9.47 Å². The molecule has 0 bridgehead atoms. The highest BCUT2D eigenvalue weighted by Crippen LogP contribution is 2.26. The summed E-state index contributed by atoms with van der Waals surface area (Å²) in [6, 6.07) is 16.2. The summed E-state index contributed by atoms with van der Waals surface area (Å²) in [7, 11) is 1.68. The fraction of sp³-hybridized carbons (Fsp3) is 0.250. The lowest BCUT2D eigenvalue weighted by Gasteiger charge is -2.17. The molecule has 0 N–H and O–H groups in total. The zero-order chi connectivity index (χ0) is 14.4. The second kappa shape index (κ2) is 8.00. The van der Waals surface area contributed by atoms with Gasteiger partial charge in [0.1, 0.15) is 5.75 Å². The predicted octanol–water partition coefficient (Wildman–Crippen LogP) is 5.15. The molecule has 0 fully saturated rings. The molecule has 20 heavy (non-hydrogen) atoms. The van der Waals surface area contributed by atoms with Gasteiger partial charge in [0.2, 0.25) is 0 Å². The SMILES string of the molecule is COc1cccc(C(CI)OCc2ccccc2Br)c1. The topological polar surface area (TPSA) is 18.5 Å². The van der Waals surface area contributed by atoms with Gasteiger partial charge in [-0.05, 0) is 29.3 Å². The van der Waals surface area contributed by atoms with E-state index in [-0.39, 0.29) is 6.10 Å². The third-order valence-electron chi connectivity index (χ3n) is 3.00. The Kier molecular flexibility index (Phi) is 6.32. The lowest BCUT2D eigenvalue weighted by molar-refractivity contribution is 0.0572. The second-order valence-corrected chi connectivity index (χ2v) is 6.06. The lowest BCUT2D eigenvalue weighted by atomic mass is 10.1. The first-order valence-electron chi connectivity index (χ1n) is 6.29. The number of alkyl halides is 1. The summed E-state index contributed by atoms with van der Waals surface area (Å²) in [5.74, 6) is 0.863. The van der Waals surface area contributed by atoms with Crippen LogP contribution in [0, 0.1) is 0 Å². The molecule has 0 aliphatic heterocycles. The van der Waals surface area contributed by atoms with Crippen molar-refractivity contribution in [1.82, 2.24) is 0 Å².